The molecule has 14 heteroatoms. The molecule has 3 fully saturated rings. The summed E-state index contributed by atoms with van der Waals surface area (Å²) in [6.45, 7) is 3.17. The third-order valence-electron chi connectivity index (χ3n) is 8.99. The van der Waals surface area contributed by atoms with E-state index in [1.165, 1.54) is 28.7 Å². The lowest BCUT2D eigenvalue weighted by molar-refractivity contribution is -0.0312. The first-order valence-electron chi connectivity index (χ1n) is 15.3. The van der Waals surface area contributed by atoms with Gasteiger partial charge in [-0.3, -0.25) is 4.79 Å². The van der Waals surface area contributed by atoms with Crippen molar-refractivity contribution in [3.05, 3.63) is 64.7 Å². The van der Waals surface area contributed by atoms with E-state index in [4.69, 9.17) is 9.47 Å². The summed E-state index contributed by atoms with van der Waals surface area (Å²) in [4.78, 5) is 13.1. The van der Waals surface area contributed by atoms with Gasteiger partial charge in [0.05, 0.1) is 27.9 Å². The van der Waals surface area contributed by atoms with Crippen molar-refractivity contribution in [3.63, 3.8) is 0 Å². The van der Waals surface area contributed by atoms with Gasteiger partial charge in [0.15, 0.2) is 9.84 Å². The van der Waals surface area contributed by atoms with E-state index < -0.39 is 42.8 Å². The highest BCUT2D eigenvalue weighted by molar-refractivity contribution is 7.92. The van der Waals surface area contributed by atoms with Crippen molar-refractivity contribution < 1.29 is 35.8 Å². The Kier molecular flexibility index (Phi) is 8.82. The predicted molar refractivity (Wildman–Crippen MR) is 165 cm³/mol. The fourth-order valence-electron chi connectivity index (χ4n) is 6.25. The summed E-state index contributed by atoms with van der Waals surface area (Å²) in [6.07, 6.45) is 3.37. The molecule has 2 saturated heterocycles. The Labute approximate surface area is 261 Å². The van der Waals surface area contributed by atoms with Crippen LogP contribution in [0.1, 0.15) is 39.0 Å². The molecule has 1 aliphatic carbocycles. The average molecular weight is 664 g/mol. The maximum absolute atomic E-state index is 13.8. The first kappa shape index (κ1) is 32.1. The molecule has 45 heavy (non-hydrogen) atoms. The summed E-state index contributed by atoms with van der Waals surface area (Å²) in [6, 6.07) is 10.0. The van der Waals surface area contributed by atoms with Gasteiger partial charge in [0.1, 0.15) is 29.2 Å². The minimum Gasteiger partial charge on any atom is -0.491 e. The Morgan fingerprint density at radius 3 is 2.60 bits per heavy atom. The highest BCUT2D eigenvalue weighted by atomic mass is 32.2. The quantitative estimate of drug-likeness (QED) is 0.316. The van der Waals surface area contributed by atoms with Crippen molar-refractivity contribution in [2.75, 3.05) is 32.8 Å². The third kappa shape index (κ3) is 6.54. The number of hydrogen-bond donors (Lipinski definition) is 2. The van der Waals surface area contributed by atoms with Gasteiger partial charge < -0.3 is 24.5 Å². The molecule has 2 atom stereocenters. The van der Waals surface area contributed by atoms with Crippen LogP contribution in [0.25, 0.3) is 10.9 Å². The lowest BCUT2D eigenvalue weighted by Crippen LogP contribution is -2.47. The molecule has 3 aliphatic rings. The van der Waals surface area contributed by atoms with Crippen LogP contribution in [-0.4, -0.2) is 86.7 Å². The normalized spacial score (nSPS) is 21.4. The number of ether oxygens (including phenoxy) is 2. The summed E-state index contributed by atoms with van der Waals surface area (Å²) in [7, 11) is -7.43. The Morgan fingerprint density at radius 1 is 1.13 bits per heavy atom. The Hall–Kier alpha value is -2.88. The van der Waals surface area contributed by atoms with E-state index in [0.717, 1.165) is 6.07 Å². The molecule has 1 aromatic heterocycles. The Bertz CT molecular complexity index is 1850. The zero-order valence-corrected chi connectivity index (χ0v) is 26.7. The first-order valence-corrected chi connectivity index (χ1v) is 18.3. The minimum absolute atomic E-state index is 0.0189. The zero-order valence-electron chi connectivity index (χ0n) is 25.0. The Balaban J connectivity index is 1.01. The van der Waals surface area contributed by atoms with E-state index in [1.807, 2.05) is 0 Å². The number of halogens is 1. The molecule has 0 radical (unpaired) electrons. The maximum Gasteiger partial charge on any atom is 0.248 e. The maximum atomic E-state index is 13.8. The average Bonchev–Trinajstić information content (AvgIpc) is 3.82. The summed E-state index contributed by atoms with van der Waals surface area (Å²) in [5.41, 5.74) is -0.805. The SMILES string of the molecule is CCn1cc(S(=O)(=O)N2CCC3(CC2)C[C@@H](NC[C@H](O)COc2cccc(S(=O)(=O)C4CC4)c2)CO3)c(=O)c2ccc(F)cc21. The number of hydrogen-bond acceptors (Lipinski definition) is 9. The number of rotatable bonds is 11. The molecule has 244 valence electrons. The largest absolute Gasteiger partial charge is 0.491 e. The van der Waals surface area contributed by atoms with E-state index in [1.54, 1.807) is 29.7 Å². The number of sulfone groups is 1. The smallest absolute Gasteiger partial charge is 0.248 e. The van der Waals surface area contributed by atoms with Crippen LogP contribution in [0.5, 0.6) is 5.75 Å². The summed E-state index contributed by atoms with van der Waals surface area (Å²) >= 11 is 0. The second kappa shape index (κ2) is 12.4. The number of aliphatic hydroxyl groups excluding tert-OH is 1. The van der Waals surface area contributed by atoms with Crippen molar-refractivity contribution >= 4 is 30.8 Å². The molecule has 0 amide bonds. The van der Waals surface area contributed by atoms with Crippen molar-refractivity contribution in [1.82, 2.24) is 14.2 Å². The van der Waals surface area contributed by atoms with Gasteiger partial charge in [0.2, 0.25) is 15.5 Å². The van der Waals surface area contributed by atoms with E-state index >= 15 is 0 Å². The lowest BCUT2D eigenvalue weighted by Gasteiger charge is -2.38. The number of aryl methyl sites for hydroxylation is 1. The van der Waals surface area contributed by atoms with Gasteiger partial charge in [-0.1, -0.05) is 6.07 Å². The van der Waals surface area contributed by atoms with Gasteiger partial charge in [-0.15, -0.1) is 0 Å². The molecule has 3 aromatic rings. The van der Waals surface area contributed by atoms with E-state index in [9.17, 15) is 31.1 Å². The molecule has 6 rings (SSSR count). The number of aromatic nitrogens is 1. The first-order chi connectivity index (χ1) is 21.4. The molecule has 2 aliphatic heterocycles. The molecule has 2 aromatic carbocycles. The number of benzene rings is 2. The molecular formula is C31H38FN3O8S2. The van der Waals surface area contributed by atoms with E-state index in [-0.39, 0.29) is 52.7 Å². The number of pyridine rings is 1. The van der Waals surface area contributed by atoms with Crippen molar-refractivity contribution in [2.45, 2.75) is 78.4 Å². The molecule has 1 saturated carbocycles. The molecule has 0 unspecified atom stereocenters. The molecule has 3 heterocycles. The summed E-state index contributed by atoms with van der Waals surface area (Å²) in [5.74, 6) is -0.121. The van der Waals surface area contributed by atoms with Crippen LogP contribution in [0.4, 0.5) is 4.39 Å². The minimum atomic E-state index is -4.09. The summed E-state index contributed by atoms with van der Waals surface area (Å²) < 4.78 is 80.8. The van der Waals surface area contributed by atoms with Crippen molar-refractivity contribution in [3.8, 4) is 5.75 Å². The molecule has 1 spiro atoms. The van der Waals surface area contributed by atoms with Crippen LogP contribution in [0.3, 0.4) is 0 Å². The van der Waals surface area contributed by atoms with Gasteiger partial charge >= 0.3 is 0 Å². The van der Waals surface area contributed by atoms with Crippen LogP contribution >= 0.6 is 0 Å². The van der Waals surface area contributed by atoms with E-state index in [2.05, 4.69) is 5.32 Å². The van der Waals surface area contributed by atoms with Crippen LogP contribution in [0, 0.1) is 5.82 Å². The fourth-order valence-corrected chi connectivity index (χ4v) is 9.48. The number of aliphatic hydroxyl groups is 1. The third-order valence-corrected chi connectivity index (χ3v) is 13.1. The topological polar surface area (TPSA) is 144 Å². The van der Waals surface area contributed by atoms with Gasteiger partial charge in [0.25, 0.3) is 0 Å². The highest BCUT2D eigenvalue weighted by Crippen LogP contribution is 2.37. The molecule has 11 nitrogen and oxygen atoms in total. The van der Waals surface area contributed by atoms with Gasteiger partial charge in [0, 0.05) is 43.8 Å². The van der Waals surface area contributed by atoms with Crippen LogP contribution in [-0.2, 0) is 31.1 Å². The second-order valence-corrected chi connectivity index (χ2v) is 16.3. The highest BCUT2D eigenvalue weighted by Gasteiger charge is 2.45. The Morgan fingerprint density at radius 2 is 1.89 bits per heavy atom. The van der Waals surface area contributed by atoms with Crippen LogP contribution in [0.2, 0.25) is 0 Å². The molecule has 0 bridgehead atoms. The molecular weight excluding hydrogens is 625 g/mol. The predicted octanol–water partition coefficient (Wildman–Crippen LogP) is 2.44. The number of piperidine rings is 1. The monoisotopic (exact) mass is 663 g/mol. The lowest BCUT2D eigenvalue weighted by atomic mass is 9.88. The van der Waals surface area contributed by atoms with Crippen molar-refractivity contribution in [1.29, 1.82) is 0 Å². The summed E-state index contributed by atoms with van der Waals surface area (Å²) in [5, 5.41) is 13.7. The molecule has 2 N–H and O–H groups in total. The van der Waals surface area contributed by atoms with E-state index in [0.29, 0.717) is 56.5 Å². The zero-order chi connectivity index (χ0) is 32.0. The van der Waals surface area contributed by atoms with Gasteiger partial charge in [-0.05, 0) is 75.4 Å². The van der Waals surface area contributed by atoms with Gasteiger partial charge in [-0.25, -0.2) is 21.2 Å². The number of nitrogens with zero attached hydrogens (tertiary/aromatic N) is 2. The number of sulfonamides is 1. The fraction of sp³-hybridized carbons (Fsp3) is 0.516. The van der Waals surface area contributed by atoms with Crippen molar-refractivity contribution in [2.24, 2.45) is 0 Å². The standard InChI is InChI=1S/C31H38FN3O8S2/c1-2-34-18-29(30(37)27-9-6-21(32)14-28(27)34)45(40,41)35-12-10-31(11-13-35)16-22(19-43-31)33-17-23(36)20-42-24-4-3-5-26(15-24)44(38,39)25-7-8-25/h3-6,9,14-15,18,22-23,25,33,36H,2,7-8,10-13,16-17,19-20H2,1H3/t22-,23+/m1/s1. The van der Waals surface area contributed by atoms with Crippen LogP contribution < -0.4 is 15.5 Å². The number of fused-ring (bicyclic) bond motifs is 1. The van der Waals surface area contributed by atoms with Gasteiger partial charge in [-0.2, -0.15) is 4.31 Å². The second-order valence-electron chi connectivity index (χ2n) is 12.2. The number of nitrogens with one attached hydrogen (secondary N) is 1. The van der Waals surface area contributed by atoms with Crippen LogP contribution in [0.15, 0.2) is 63.2 Å².